The number of rotatable bonds is 6. The van der Waals surface area contributed by atoms with Crippen LogP contribution < -0.4 is 15.2 Å². The molecule has 0 saturated heterocycles. The van der Waals surface area contributed by atoms with E-state index in [1.807, 2.05) is 0 Å². The number of quaternary nitrogens is 1. The molecule has 0 saturated carbocycles. The largest absolute Gasteiger partial charge is 0.419 e. The van der Waals surface area contributed by atoms with Crippen LogP contribution in [-0.2, 0) is 6.18 Å². The van der Waals surface area contributed by atoms with E-state index in [0.717, 1.165) is 38.4 Å². The van der Waals surface area contributed by atoms with Crippen LogP contribution in [0.15, 0.2) is 18.3 Å². The number of nitrogens with one attached hydrogen (secondary N) is 3. The van der Waals surface area contributed by atoms with Gasteiger partial charge in [0.25, 0.3) is 5.82 Å². The molecule has 18 heavy (non-hydrogen) atoms. The molecule has 3 N–H and O–H groups in total. The van der Waals surface area contributed by atoms with Crippen molar-refractivity contribution in [3.63, 3.8) is 0 Å². The molecule has 1 heterocycles. The number of pyridine rings is 1. The van der Waals surface area contributed by atoms with Gasteiger partial charge in [0, 0.05) is 6.07 Å². The fourth-order valence-electron chi connectivity index (χ4n) is 1.69. The number of aromatic nitrogens is 1. The van der Waals surface area contributed by atoms with Crippen LogP contribution in [0, 0.1) is 0 Å². The minimum absolute atomic E-state index is 0.606. The first-order valence-electron chi connectivity index (χ1n) is 6.13. The molecule has 0 unspecified atom stereocenters. The Balaban J connectivity index is 2.45. The number of aromatic amines is 1. The molecule has 1 rings (SSSR count). The van der Waals surface area contributed by atoms with Crippen molar-refractivity contribution in [3.05, 3.63) is 23.9 Å². The van der Waals surface area contributed by atoms with Gasteiger partial charge in [0.1, 0.15) is 19.3 Å². The minimum atomic E-state index is -4.29. The molecule has 1 aromatic heterocycles. The van der Waals surface area contributed by atoms with Crippen molar-refractivity contribution in [3.8, 4) is 0 Å². The molecule has 0 spiro atoms. The number of hydrogen-bond acceptors (Lipinski definition) is 1. The number of H-pyrrole nitrogens is 1. The van der Waals surface area contributed by atoms with Crippen molar-refractivity contribution < 1.29 is 23.1 Å². The summed E-state index contributed by atoms with van der Waals surface area (Å²) in [5.41, 5.74) is -0.664. The van der Waals surface area contributed by atoms with Crippen LogP contribution in [0.2, 0.25) is 0 Å². The zero-order valence-corrected chi connectivity index (χ0v) is 10.7. The van der Waals surface area contributed by atoms with Crippen molar-refractivity contribution >= 4 is 5.82 Å². The average molecular weight is 263 g/mol. The van der Waals surface area contributed by atoms with Gasteiger partial charge in [-0.2, -0.15) is 13.2 Å². The number of halogens is 3. The van der Waals surface area contributed by atoms with E-state index in [1.165, 1.54) is 11.0 Å². The fraction of sp³-hybridized carbons (Fsp3) is 0.583. The molecule has 0 aliphatic carbocycles. The summed E-state index contributed by atoms with van der Waals surface area (Å²) in [6, 6.07) is 2.49. The van der Waals surface area contributed by atoms with Gasteiger partial charge in [-0.25, -0.2) is 4.98 Å². The smallest absolute Gasteiger partial charge is 0.332 e. The molecule has 0 radical (unpaired) electrons. The first-order chi connectivity index (χ1) is 8.47. The van der Waals surface area contributed by atoms with E-state index in [4.69, 9.17) is 0 Å². The molecule has 0 fully saturated rings. The third-order valence-electron chi connectivity index (χ3n) is 2.93. The van der Waals surface area contributed by atoms with Crippen LogP contribution in [-0.4, -0.2) is 26.2 Å². The van der Waals surface area contributed by atoms with Crippen LogP contribution in [0.25, 0.3) is 0 Å². The van der Waals surface area contributed by atoms with Crippen molar-refractivity contribution in [2.24, 2.45) is 0 Å². The summed E-state index contributed by atoms with van der Waals surface area (Å²) in [5, 5.41) is 3.08. The number of likely N-dealkylation sites (N-methyl/N-ethyl adjacent to an activating group) is 1. The molecule has 6 heteroatoms. The fourth-order valence-corrected chi connectivity index (χ4v) is 1.69. The van der Waals surface area contributed by atoms with E-state index >= 15 is 0 Å². The molecule has 0 aliphatic heterocycles. The molecule has 0 amide bonds. The van der Waals surface area contributed by atoms with E-state index in [2.05, 4.69) is 24.1 Å². The molecular weight excluding hydrogens is 243 g/mol. The average Bonchev–Trinajstić information content (AvgIpc) is 2.34. The van der Waals surface area contributed by atoms with Crippen molar-refractivity contribution in [1.82, 2.24) is 0 Å². The standard InChI is InChI=1S/C12H18F3N3/c1-3-18(4-2)8-7-16-11-6-5-10(9-17-11)12(13,14)15/h5-6,9H,3-4,7-8H2,1-2H3,(H,16,17)/p+2. The number of hydrogen-bond donors (Lipinski definition) is 2. The summed E-state index contributed by atoms with van der Waals surface area (Å²) in [5.74, 6) is 0.606. The van der Waals surface area contributed by atoms with Gasteiger partial charge in [0.05, 0.1) is 18.7 Å². The first-order valence-corrected chi connectivity index (χ1v) is 6.13. The van der Waals surface area contributed by atoms with Gasteiger partial charge in [-0.05, 0) is 19.9 Å². The van der Waals surface area contributed by atoms with Gasteiger partial charge in [0.15, 0.2) is 0 Å². The summed E-state index contributed by atoms with van der Waals surface area (Å²) in [7, 11) is 0. The predicted octanol–water partition coefficient (Wildman–Crippen LogP) is 0.856. The Labute approximate surface area is 105 Å². The van der Waals surface area contributed by atoms with Crippen molar-refractivity contribution in [2.75, 3.05) is 31.5 Å². The van der Waals surface area contributed by atoms with Crippen molar-refractivity contribution in [2.45, 2.75) is 20.0 Å². The quantitative estimate of drug-likeness (QED) is 0.783. The lowest BCUT2D eigenvalue weighted by Crippen LogP contribution is -3.12. The maximum absolute atomic E-state index is 12.3. The molecule has 0 bridgehead atoms. The Kier molecular flexibility index (Phi) is 5.40. The van der Waals surface area contributed by atoms with Crippen LogP contribution >= 0.6 is 0 Å². The van der Waals surface area contributed by atoms with E-state index in [1.54, 1.807) is 0 Å². The summed E-state index contributed by atoms with van der Waals surface area (Å²) < 4.78 is 37.0. The van der Waals surface area contributed by atoms with Crippen LogP contribution in [0.5, 0.6) is 0 Å². The summed E-state index contributed by atoms with van der Waals surface area (Å²) in [6.07, 6.45) is -3.31. The third-order valence-corrected chi connectivity index (χ3v) is 2.93. The lowest BCUT2D eigenvalue weighted by Gasteiger charge is -2.13. The van der Waals surface area contributed by atoms with Crippen LogP contribution in [0.4, 0.5) is 19.0 Å². The first kappa shape index (κ1) is 14.8. The Morgan fingerprint density at radius 1 is 1.22 bits per heavy atom. The SMILES string of the molecule is CC[NH+](CC)CCNc1ccc(C(F)(F)F)c[nH+]1. The molecular formula is C12H20F3N3+2. The second-order valence-electron chi connectivity index (χ2n) is 4.12. The normalized spacial score (nSPS) is 11.9. The molecule has 0 atom stereocenters. The van der Waals surface area contributed by atoms with E-state index < -0.39 is 11.7 Å². The van der Waals surface area contributed by atoms with Gasteiger partial charge >= 0.3 is 6.18 Å². The molecule has 102 valence electrons. The van der Waals surface area contributed by atoms with Gasteiger partial charge in [-0.15, -0.1) is 0 Å². The molecule has 0 aliphatic rings. The lowest BCUT2D eigenvalue weighted by atomic mass is 10.3. The van der Waals surface area contributed by atoms with Crippen molar-refractivity contribution in [1.29, 1.82) is 0 Å². The zero-order chi connectivity index (χ0) is 13.6. The van der Waals surface area contributed by atoms with Crippen LogP contribution in [0.1, 0.15) is 19.4 Å². The van der Waals surface area contributed by atoms with E-state index in [-0.39, 0.29) is 0 Å². The summed E-state index contributed by atoms with van der Waals surface area (Å²) in [6.45, 7) is 8.01. The molecule has 3 nitrogen and oxygen atoms in total. The third kappa shape index (κ3) is 4.52. The Morgan fingerprint density at radius 2 is 1.89 bits per heavy atom. The highest BCUT2D eigenvalue weighted by Gasteiger charge is 2.31. The zero-order valence-electron chi connectivity index (χ0n) is 10.7. The monoisotopic (exact) mass is 263 g/mol. The number of anilines is 1. The minimum Gasteiger partial charge on any atom is -0.332 e. The topological polar surface area (TPSA) is 30.6 Å². The Hall–Kier alpha value is -1.30. The maximum Gasteiger partial charge on any atom is 0.419 e. The predicted molar refractivity (Wildman–Crippen MR) is 63.4 cm³/mol. The highest BCUT2D eigenvalue weighted by molar-refractivity contribution is 5.29. The molecule has 0 aromatic carbocycles. The molecule has 1 aromatic rings. The highest BCUT2D eigenvalue weighted by atomic mass is 19.4. The Bertz CT molecular complexity index is 345. The van der Waals surface area contributed by atoms with Gasteiger partial charge < -0.3 is 4.90 Å². The van der Waals surface area contributed by atoms with Gasteiger partial charge in [-0.1, -0.05) is 0 Å². The number of alkyl halides is 3. The van der Waals surface area contributed by atoms with Crippen LogP contribution in [0.3, 0.4) is 0 Å². The van der Waals surface area contributed by atoms with E-state index in [9.17, 15) is 13.2 Å². The summed E-state index contributed by atoms with van der Waals surface area (Å²) in [4.78, 5) is 4.07. The lowest BCUT2D eigenvalue weighted by molar-refractivity contribution is -0.894. The van der Waals surface area contributed by atoms with E-state index in [0.29, 0.717) is 5.82 Å². The second-order valence-corrected chi connectivity index (χ2v) is 4.12. The Morgan fingerprint density at radius 3 is 2.33 bits per heavy atom. The van der Waals surface area contributed by atoms with Gasteiger partial charge in [0.2, 0.25) is 0 Å². The second kappa shape index (κ2) is 6.58. The van der Waals surface area contributed by atoms with Gasteiger partial charge in [-0.3, -0.25) is 5.32 Å². The summed E-state index contributed by atoms with van der Waals surface area (Å²) >= 11 is 0. The highest BCUT2D eigenvalue weighted by Crippen LogP contribution is 2.27. The maximum atomic E-state index is 12.3.